The largest absolute Gasteiger partial charge is 0.349 e. The third kappa shape index (κ3) is 2.06. The van der Waals surface area contributed by atoms with Crippen molar-refractivity contribution in [1.29, 1.82) is 0 Å². The van der Waals surface area contributed by atoms with E-state index >= 15 is 0 Å². The van der Waals surface area contributed by atoms with Crippen molar-refractivity contribution in [2.45, 2.75) is 44.1 Å². The molecule has 18 heavy (non-hydrogen) atoms. The third-order valence-electron chi connectivity index (χ3n) is 3.49. The van der Waals surface area contributed by atoms with Gasteiger partial charge in [0.05, 0.1) is 12.5 Å². The Morgan fingerprint density at radius 3 is 2.78 bits per heavy atom. The van der Waals surface area contributed by atoms with Crippen LogP contribution in [0.4, 0.5) is 4.39 Å². The van der Waals surface area contributed by atoms with E-state index in [2.05, 4.69) is 0 Å². The minimum absolute atomic E-state index is 0.269. The smallest absolute Gasteiger partial charge is 0.236 e. The molecule has 0 aromatic carbocycles. The summed E-state index contributed by atoms with van der Waals surface area (Å²) in [4.78, 5) is 23.9. The monoisotopic (exact) mass is 275 g/mol. The summed E-state index contributed by atoms with van der Waals surface area (Å²) >= 11 is 5.89. The summed E-state index contributed by atoms with van der Waals surface area (Å²) in [6, 6.07) is 0. The van der Waals surface area contributed by atoms with Crippen LogP contribution in [0, 0.1) is 5.92 Å². The molecule has 0 aliphatic carbocycles. The van der Waals surface area contributed by atoms with Gasteiger partial charge in [-0.3, -0.25) is 14.5 Å². The van der Waals surface area contributed by atoms with Gasteiger partial charge in [0.25, 0.3) is 0 Å². The van der Waals surface area contributed by atoms with Gasteiger partial charge in [0.15, 0.2) is 12.0 Å². The van der Waals surface area contributed by atoms with Crippen LogP contribution >= 0.6 is 11.6 Å². The predicted molar refractivity (Wildman–Crippen MR) is 63.4 cm³/mol. The third-order valence-corrected chi connectivity index (χ3v) is 4.02. The molecule has 0 bridgehead atoms. The van der Waals surface area contributed by atoms with Crippen molar-refractivity contribution >= 4 is 23.3 Å². The summed E-state index contributed by atoms with van der Waals surface area (Å²) < 4.78 is 20.0. The lowest BCUT2D eigenvalue weighted by Crippen LogP contribution is -2.48. The van der Waals surface area contributed by atoms with E-state index in [1.54, 1.807) is 6.92 Å². The number of ketones is 1. The SMILES string of the molecule is CC[C@H]1O[C@@H](N2C=CC(=O)CC2=O)[C@@](F)(Cl)[C@@H]1C. The van der Waals surface area contributed by atoms with Crippen LogP contribution in [0.1, 0.15) is 26.7 Å². The van der Waals surface area contributed by atoms with E-state index in [1.165, 1.54) is 12.3 Å². The molecule has 2 rings (SSSR count). The lowest BCUT2D eigenvalue weighted by Gasteiger charge is -2.32. The first-order valence-electron chi connectivity index (χ1n) is 5.93. The molecule has 1 amide bonds. The molecule has 0 aromatic heterocycles. The van der Waals surface area contributed by atoms with Gasteiger partial charge in [-0.15, -0.1) is 0 Å². The Morgan fingerprint density at radius 1 is 1.61 bits per heavy atom. The van der Waals surface area contributed by atoms with Crippen LogP contribution in [-0.2, 0) is 14.3 Å². The van der Waals surface area contributed by atoms with Crippen LogP contribution in [0.15, 0.2) is 12.3 Å². The molecule has 0 spiro atoms. The summed E-state index contributed by atoms with van der Waals surface area (Å²) in [6.07, 6.45) is 1.32. The number of allylic oxidation sites excluding steroid dienone is 1. The molecule has 2 heterocycles. The average molecular weight is 276 g/mol. The molecule has 0 radical (unpaired) electrons. The van der Waals surface area contributed by atoms with Gasteiger partial charge in [0.2, 0.25) is 11.0 Å². The van der Waals surface area contributed by atoms with Gasteiger partial charge in [-0.2, -0.15) is 0 Å². The molecule has 0 saturated carbocycles. The van der Waals surface area contributed by atoms with Gasteiger partial charge in [-0.25, -0.2) is 4.39 Å². The van der Waals surface area contributed by atoms with Crippen LogP contribution in [0.5, 0.6) is 0 Å². The fourth-order valence-corrected chi connectivity index (χ4v) is 2.60. The van der Waals surface area contributed by atoms with Crippen molar-refractivity contribution < 1.29 is 18.7 Å². The summed E-state index contributed by atoms with van der Waals surface area (Å²) in [5.74, 6) is -1.31. The van der Waals surface area contributed by atoms with Crippen molar-refractivity contribution in [3.05, 3.63) is 12.3 Å². The Kier molecular flexibility index (Phi) is 3.47. The summed E-state index contributed by atoms with van der Waals surface area (Å²) in [6.45, 7) is 3.53. The van der Waals surface area contributed by atoms with Gasteiger partial charge in [-0.1, -0.05) is 25.4 Å². The van der Waals surface area contributed by atoms with E-state index in [0.29, 0.717) is 6.42 Å². The zero-order valence-electron chi connectivity index (χ0n) is 10.2. The maximum Gasteiger partial charge on any atom is 0.236 e. The number of carbonyl (C=O) groups excluding carboxylic acids is 2. The highest BCUT2D eigenvalue weighted by atomic mass is 35.5. The molecule has 4 nitrogen and oxygen atoms in total. The number of hydrogen-bond acceptors (Lipinski definition) is 3. The molecular formula is C12H15ClFNO3. The van der Waals surface area contributed by atoms with E-state index in [-0.39, 0.29) is 18.3 Å². The molecule has 100 valence electrons. The Morgan fingerprint density at radius 2 is 2.28 bits per heavy atom. The first kappa shape index (κ1) is 13.5. The number of alkyl halides is 2. The highest BCUT2D eigenvalue weighted by molar-refractivity contribution is 6.23. The molecule has 1 saturated heterocycles. The Hall–Kier alpha value is -0.940. The highest BCUT2D eigenvalue weighted by Crippen LogP contribution is 2.45. The van der Waals surface area contributed by atoms with Gasteiger partial charge in [0, 0.05) is 12.1 Å². The van der Waals surface area contributed by atoms with Crippen LogP contribution in [0.25, 0.3) is 0 Å². The van der Waals surface area contributed by atoms with Gasteiger partial charge in [-0.05, 0) is 12.5 Å². The minimum Gasteiger partial charge on any atom is -0.349 e. The fourth-order valence-electron chi connectivity index (χ4n) is 2.30. The Labute approximate surface area is 110 Å². The summed E-state index contributed by atoms with van der Waals surface area (Å²) in [7, 11) is 0. The van der Waals surface area contributed by atoms with Gasteiger partial charge < -0.3 is 4.74 Å². The van der Waals surface area contributed by atoms with E-state index < -0.39 is 23.2 Å². The highest BCUT2D eigenvalue weighted by Gasteiger charge is 2.57. The van der Waals surface area contributed by atoms with Crippen molar-refractivity contribution in [2.75, 3.05) is 0 Å². The lowest BCUT2D eigenvalue weighted by atomic mass is 9.98. The molecule has 0 unspecified atom stereocenters. The minimum atomic E-state index is -2.14. The van der Waals surface area contributed by atoms with Gasteiger partial charge >= 0.3 is 0 Å². The molecule has 6 heteroatoms. The van der Waals surface area contributed by atoms with E-state index in [0.717, 1.165) is 4.90 Å². The maximum atomic E-state index is 14.5. The molecule has 0 N–H and O–H groups in total. The normalized spacial score (nSPS) is 40.7. The van der Waals surface area contributed by atoms with Crippen molar-refractivity contribution in [3.8, 4) is 0 Å². The number of hydrogen-bond donors (Lipinski definition) is 0. The first-order valence-corrected chi connectivity index (χ1v) is 6.31. The van der Waals surface area contributed by atoms with E-state index in [4.69, 9.17) is 16.3 Å². The zero-order valence-corrected chi connectivity index (χ0v) is 11.0. The van der Waals surface area contributed by atoms with Gasteiger partial charge in [0.1, 0.15) is 0 Å². The fraction of sp³-hybridized carbons (Fsp3) is 0.667. The predicted octanol–water partition coefficient (Wildman–Crippen LogP) is 1.98. The molecule has 4 atom stereocenters. The number of carbonyl (C=O) groups is 2. The topological polar surface area (TPSA) is 46.6 Å². The van der Waals surface area contributed by atoms with E-state index in [1.807, 2.05) is 6.92 Å². The van der Waals surface area contributed by atoms with Crippen LogP contribution in [-0.4, -0.2) is 34.1 Å². The molecule has 2 aliphatic rings. The van der Waals surface area contributed by atoms with Crippen molar-refractivity contribution in [1.82, 2.24) is 4.90 Å². The summed E-state index contributed by atoms with van der Waals surface area (Å²) in [5, 5.41) is -2.14. The number of nitrogens with zero attached hydrogens (tertiary/aromatic N) is 1. The second-order valence-electron chi connectivity index (χ2n) is 4.66. The molecule has 0 aromatic rings. The van der Waals surface area contributed by atoms with Crippen LogP contribution in [0.2, 0.25) is 0 Å². The number of amides is 1. The number of rotatable bonds is 2. The number of ether oxygens (including phenoxy) is 1. The second kappa shape index (κ2) is 4.63. The molecule has 1 fully saturated rings. The second-order valence-corrected chi connectivity index (χ2v) is 5.24. The van der Waals surface area contributed by atoms with Crippen LogP contribution in [0.3, 0.4) is 0 Å². The average Bonchev–Trinajstić information content (AvgIpc) is 2.52. The van der Waals surface area contributed by atoms with Crippen molar-refractivity contribution in [2.24, 2.45) is 5.92 Å². The summed E-state index contributed by atoms with van der Waals surface area (Å²) in [5.41, 5.74) is 0. The lowest BCUT2D eigenvalue weighted by molar-refractivity contribution is -0.146. The quantitative estimate of drug-likeness (QED) is 0.572. The molecular weight excluding hydrogens is 261 g/mol. The molecule has 2 aliphatic heterocycles. The Balaban J connectivity index is 2.26. The first-order chi connectivity index (χ1) is 8.37. The zero-order chi connectivity index (χ0) is 13.5. The maximum absolute atomic E-state index is 14.5. The van der Waals surface area contributed by atoms with E-state index in [9.17, 15) is 14.0 Å². The van der Waals surface area contributed by atoms with Crippen molar-refractivity contribution in [3.63, 3.8) is 0 Å². The standard InChI is InChI=1S/C12H15ClFNO3/c1-3-9-7(2)12(13,14)11(18-9)15-5-4-8(16)6-10(15)17/h4-5,7,9,11H,3,6H2,1-2H3/t7-,9-,11-,12-/m1/s1. The van der Waals surface area contributed by atoms with Crippen LogP contribution < -0.4 is 0 Å². The number of halogens is 2. The Bertz CT molecular complexity index is 410.